The molecule has 0 amide bonds. The van der Waals surface area contributed by atoms with Crippen LogP contribution in [0.5, 0.6) is 5.75 Å². The number of nitrogens with one attached hydrogen (secondary N) is 1. The standard InChI is InChI=1S/C23H26N6O/c1-14(2)29-22(26-23(24)27-29)19-13-28-10-11-30-20-12-17(8-9-18(20)21(28)25-19)16-6-4-15(3)5-7-16/h4-9,12-14,21,25H,10-11H2,1-3H3,(H2,24,27). The van der Waals surface area contributed by atoms with Crippen LogP contribution in [0.15, 0.2) is 48.7 Å². The van der Waals surface area contributed by atoms with E-state index in [9.17, 15) is 0 Å². The number of ether oxygens (including phenoxy) is 1. The highest BCUT2D eigenvalue weighted by Gasteiger charge is 2.32. The first kappa shape index (κ1) is 18.5. The molecule has 154 valence electrons. The van der Waals surface area contributed by atoms with Crippen LogP contribution in [0.25, 0.3) is 16.8 Å². The summed E-state index contributed by atoms with van der Waals surface area (Å²) < 4.78 is 7.97. The number of aryl methyl sites for hydroxylation is 1. The minimum Gasteiger partial charge on any atom is -0.491 e. The van der Waals surface area contributed by atoms with E-state index in [-0.39, 0.29) is 18.2 Å². The Labute approximate surface area is 176 Å². The fraction of sp³-hybridized carbons (Fsp3) is 0.304. The van der Waals surface area contributed by atoms with Gasteiger partial charge in [-0.05, 0) is 38.0 Å². The number of hydrogen-bond acceptors (Lipinski definition) is 6. The van der Waals surface area contributed by atoms with Gasteiger partial charge in [0.1, 0.15) is 18.5 Å². The Morgan fingerprint density at radius 2 is 1.90 bits per heavy atom. The van der Waals surface area contributed by atoms with E-state index >= 15 is 0 Å². The topological polar surface area (TPSA) is 81.2 Å². The Hall–Kier alpha value is -3.48. The van der Waals surface area contributed by atoms with Crippen molar-refractivity contribution in [3.05, 3.63) is 65.6 Å². The maximum absolute atomic E-state index is 6.11. The van der Waals surface area contributed by atoms with E-state index in [1.165, 1.54) is 11.1 Å². The normalized spacial score (nSPS) is 17.7. The van der Waals surface area contributed by atoms with Crippen molar-refractivity contribution in [3.63, 3.8) is 0 Å². The molecule has 1 atom stereocenters. The van der Waals surface area contributed by atoms with Gasteiger partial charge < -0.3 is 20.7 Å². The fourth-order valence-corrected chi connectivity index (χ4v) is 4.04. The van der Waals surface area contributed by atoms with Gasteiger partial charge in [0.05, 0.1) is 12.2 Å². The van der Waals surface area contributed by atoms with Crippen molar-refractivity contribution in [1.82, 2.24) is 25.0 Å². The van der Waals surface area contributed by atoms with Crippen LogP contribution in [-0.4, -0.2) is 32.8 Å². The fourth-order valence-electron chi connectivity index (χ4n) is 4.04. The summed E-state index contributed by atoms with van der Waals surface area (Å²) in [5, 5.41) is 7.95. The smallest absolute Gasteiger partial charge is 0.240 e. The summed E-state index contributed by atoms with van der Waals surface area (Å²) in [6.07, 6.45) is 2.09. The van der Waals surface area contributed by atoms with E-state index in [2.05, 4.69) is 89.7 Å². The zero-order chi connectivity index (χ0) is 20.8. The van der Waals surface area contributed by atoms with E-state index in [1.807, 2.05) is 4.68 Å². The summed E-state index contributed by atoms with van der Waals surface area (Å²) >= 11 is 0. The summed E-state index contributed by atoms with van der Waals surface area (Å²) in [6, 6.07) is 15.2. The van der Waals surface area contributed by atoms with Gasteiger partial charge in [-0.1, -0.05) is 42.0 Å². The number of benzene rings is 2. The Kier molecular flexibility index (Phi) is 4.38. The minimum absolute atomic E-state index is 0.0110. The van der Waals surface area contributed by atoms with Gasteiger partial charge in [0.15, 0.2) is 5.82 Å². The van der Waals surface area contributed by atoms with Crippen molar-refractivity contribution in [1.29, 1.82) is 0 Å². The second-order valence-corrected chi connectivity index (χ2v) is 8.13. The summed E-state index contributed by atoms with van der Waals surface area (Å²) in [6.45, 7) is 7.64. The summed E-state index contributed by atoms with van der Waals surface area (Å²) in [5.41, 5.74) is 11.5. The predicted molar refractivity (Wildman–Crippen MR) is 117 cm³/mol. The Morgan fingerprint density at radius 3 is 2.67 bits per heavy atom. The monoisotopic (exact) mass is 402 g/mol. The average molecular weight is 403 g/mol. The predicted octanol–water partition coefficient (Wildman–Crippen LogP) is 3.71. The number of nitrogens with two attached hydrogens (primary N) is 1. The number of hydrogen-bond donors (Lipinski definition) is 2. The number of nitrogen functional groups attached to an aromatic ring is 1. The molecule has 0 saturated heterocycles. The number of aromatic nitrogens is 3. The molecule has 0 saturated carbocycles. The van der Waals surface area contributed by atoms with Crippen molar-refractivity contribution in [2.75, 3.05) is 18.9 Å². The van der Waals surface area contributed by atoms with Crippen molar-refractivity contribution in [2.24, 2.45) is 0 Å². The number of rotatable bonds is 3. The molecule has 7 nitrogen and oxygen atoms in total. The van der Waals surface area contributed by atoms with Gasteiger partial charge in [-0.3, -0.25) is 0 Å². The maximum atomic E-state index is 6.11. The molecular weight excluding hydrogens is 376 g/mol. The molecule has 0 fully saturated rings. The van der Waals surface area contributed by atoms with E-state index < -0.39 is 0 Å². The van der Waals surface area contributed by atoms with Gasteiger partial charge in [-0.15, -0.1) is 5.10 Å². The van der Waals surface area contributed by atoms with Gasteiger partial charge in [-0.2, -0.15) is 4.98 Å². The van der Waals surface area contributed by atoms with Gasteiger partial charge in [0.2, 0.25) is 5.95 Å². The molecule has 0 spiro atoms. The maximum Gasteiger partial charge on any atom is 0.240 e. The van der Waals surface area contributed by atoms with Crippen LogP contribution >= 0.6 is 0 Å². The highest BCUT2D eigenvalue weighted by atomic mass is 16.5. The average Bonchev–Trinajstić information content (AvgIpc) is 3.28. The Bertz CT molecular complexity index is 1120. The lowest BCUT2D eigenvalue weighted by molar-refractivity contribution is 0.248. The van der Waals surface area contributed by atoms with Gasteiger partial charge in [0.25, 0.3) is 0 Å². The van der Waals surface area contributed by atoms with Crippen molar-refractivity contribution < 1.29 is 4.74 Å². The summed E-state index contributed by atoms with van der Waals surface area (Å²) in [7, 11) is 0. The molecule has 2 aromatic carbocycles. The number of fused-ring (bicyclic) bond motifs is 3. The lowest BCUT2D eigenvalue weighted by atomic mass is 10.0. The SMILES string of the molecule is Cc1ccc(-c2ccc3c(c2)OCCN2C=C(c4nc(N)nn4C(C)C)NC32)cc1. The van der Waals surface area contributed by atoms with Crippen LogP contribution in [0, 0.1) is 6.92 Å². The van der Waals surface area contributed by atoms with E-state index in [0.717, 1.165) is 34.9 Å². The highest BCUT2D eigenvalue weighted by Crippen LogP contribution is 2.38. The third-order valence-corrected chi connectivity index (χ3v) is 5.60. The third-order valence-electron chi connectivity index (χ3n) is 5.60. The third kappa shape index (κ3) is 3.16. The van der Waals surface area contributed by atoms with Crippen molar-refractivity contribution in [3.8, 4) is 16.9 Å². The molecule has 3 aromatic rings. The number of nitrogens with zero attached hydrogens (tertiary/aromatic N) is 4. The molecule has 5 rings (SSSR count). The second kappa shape index (κ2) is 7.09. The van der Waals surface area contributed by atoms with Crippen LogP contribution in [-0.2, 0) is 0 Å². The first-order valence-electron chi connectivity index (χ1n) is 10.3. The summed E-state index contributed by atoms with van der Waals surface area (Å²) in [5.74, 6) is 1.96. The van der Waals surface area contributed by atoms with Gasteiger partial charge in [0, 0.05) is 17.8 Å². The first-order valence-corrected chi connectivity index (χ1v) is 10.3. The molecule has 0 aliphatic carbocycles. The molecule has 0 radical (unpaired) electrons. The van der Waals surface area contributed by atoms with Gasteiger partial charge >= 0.3 is 0 Å². The molecule has 0 bridgehead atoms. The van der Waals surface area contributed by atoms with E-state index in [1.54, 1.807) is 0 Å². The molecule has 3 heterocycles. The zero-order valence-electron chi connectivity index (χ0n) is 17.5. The quantitative estimate of drug-likeness (QED) is 0.695. The van der Waals surface area contributed by atoms with Crippen LogP contribution in [0.4, 0.5) is 5.95 Å². The zero-order valence-corrected chi connectivity index (χ0v) is 17.5. The molecule has 1 unspecified atom stereocenters. The second-order valence-electron chi connectivity index (χ2n) is 8.13. The molecular formula is C23H26N6O. The minimum atomic E-state index is -0.0110. The lowest BCUT2D eigenvalue weighted by Gasteiger charge is -2.23. The van der Waals surface area contributed by atoms with Crippen molar-refractivity contribution >= 4 is 11.6 Å². The molecule has 30 heavy (non-hydrogen) atoms. The van der Waals surface area contributed by atoms with Crippen molar-refractivity contribution in [2.45, 2.75) is 33.0 Å². The van der Waals surface area contributed by atoms with Crippen LogP contribution < -0.4 is 15.8 Å². The van der Waals surface area contributed by atoms with Gasteiger partial charge in [-0.25, -0.2) is 4.68 Å². The first-order chi connectivity index (χ1) is 14.5. The van der Waals surface area contributed by atoms with Crippen LogP contribution in [0.3, 0.4) is 0 Å². The molecule has 3 N–H and O–H groups in total. The molecule has 7 heteroatoms. The van der Waals surface area contributed by atoms with Crippen LogP contribution in [0.1, 0.15) is 43.0 Å². The highest BCUT2D eigenvalue weighted by molar-refractivity contribution is 5.68. The molecule has 2 aliphatic rings. The molecule has 1 aromatic heterocycles. The Balaban J connectivity index is 1.48. The number of anilines is 1. The van der Waals surface area contributed by atoms with E-state index in [0.29, 0.717) is 6.61 Å². The lowest BCUT2D eigenvalue weighted by Crippen LogP contribution is -2.28. The molecule has 2 aliphatic heterocycles. The Morgan fingerprint density at radius 1 is 1.13 bits per heavy atom. The van der Waals surface area contributed by atoms with E-state index in [4.69, 9.17) is 10.5 Å². The summed E-state index contributed by atoms with van der Waals surface area (Å²) in [4.78, 5) is 6.71. The largest absolute Gasteiger partial charge is 0.491 e. The van der Waals surface area contributed by atoms with Crippen LogP contribution in [0.2, 0.25) is 0 Å².